The molecule has 1 nitrogen and oxygen atoms in total. The summed E-state index contributed by atoms with van der Waals surface area (Å²) in [4.78, 5) is 0. The molecule has 1 unspecified atom stereocenters. The summed E-state index contributed by atoms with van der Waals surface area (Å²) in [6.45, 7) is 4.39. The van der Waals surface area contributed by atoms with Crippen molar-refractivity contribution >= 4 is 17.0 Å². The quantitative estimate of drug-likeness (QED) is 0.818. The Kier molecular flexibility index (Phi) is 4.21. The Morgan fingerprint density at radius 3 is 2.88 bits per heavy atom. The number of hydrogen-bond donors (Lipinski definition) is 1. The number of hydrogen-bond acceptors (Lipinski definition) is 2. The minimum atomic E-state index is 0.519. The molecule has 0 spiro atoms. The van der Waals surface area contributed by atoms with Gasteiger partial charge in [-0.1, -0.05) is 29.8 Å². The Morgan fingerprint density at radius 1 is 1.29 bits per heavy atom. The van der Waals surface area contributed by atoms with Crippen LogP contribution in [0.3, 0.4) is 0 Å². The summed E-state index contributed by atoms with van der Waals surface area (Å²) in [5, 5.41) is 7.78. The predicted octanol–water partition coefficient (Wildman–Crippen LogP) is 4.49. The van der Waals surface area contributed by atoms with Crippen molar-refractivity contribution in [3.05, 3.63) is 52.2 Å². The molecule has 0 saturated heterocycles. The summed E-state index contributed by atoms with van der Waals surface area (Å²) in [7, 11) is 0. The monoisotopic (exact) mass is 245 g/mol. The Morgan fingerprint density at radius 2 is 2.18 bits per heavy atom. The van der Waals surface area contributed by atoms with Crippen LogP contribution in [0.5, 0.6) is 0 Å². The zero-order valence-electron chi connectivity index (χ0n) is 10.4. The van der Waals surface area contributed by atoms with Crippen LogP contribution in [0.1, 0.15) is 24.5 Å². The van der Waals surface area contributed by atoms with E-state index in [2.05, 4.69) is 60.3 Å². The maximum Gasteiger partial charge on any atom is 0.0450 e. The molecule has 0 amide bonds. The lowest BCUT2D eigenvalue weighted by atomic mass is 10.0. The second-order valence-corrected chi connectivity index (χ2v) is 5.37. The number of thiophene rings is 1. The number of rotatable bonds is 5. The zero-order valence-corrected chi connectivity index (χ0v) is 11.3. The van der Waals surface area contributed by atoms with E-state index in [1.807, 2.05) is 0 Å². The molecule has 17 heavy (non-hydrogen) atoms. The third-order valence-corrected chi connectivity index (χ3v) is 3.57. The molecule has 0 aliphatic carbocycles. The van der Waals surface area contributed by atoms with Gasteiger partial charge in [0.1, 0.15) is 0 Å². The van der Waals surface area contributed by atoms with Crippen molar-refractivity contribution < 1.29 is 0 Å². The maximum atomic E-state index is 3.52. The first-order valence-electron chi connectivity index (χ1n) is 6.08. The Balaban J connectivity index is 1.82. The van der Waals surface area contributed by atoms with Crippen molar-refractivity contribution in [3.8, 4) is 0 Å². The van der Waals surface area contributed by atoms with E-state index in [4.69, 9.17) is 0 Å². The molecular weight excluding hydrogens is 226 g/mol. The number of nitrogens with one attached hydrogen (secondary N) is 1. The van der Waals surface area contributed by atoms with Crippen LogP contribution in [0.25, 0.3) is 0 Å². The fraction of sp³-hybridized carbons (Fsp3) is 0.333. The van der Waals surface area contributed by atoms with Gasteiger partial charge in [-0.3, -0.25) is 0 Å². The van der Waals surface area contributed by atoms with Crippen molar-refractivity contribution in [2.75, 3.05) is 5.32 Å². The first-order valence-corrected chi connectivity index (χ1v) is 7.02. The smallest absolute Gasteiger partial charge is 0.0450 e. The highest BCUT2D eigenvalue weighted by molar-refractivity contribution is 7.08. The summed E-state index contributed by atoms with van der Waals surface area (Å²) >= 11 is 1.74. The average Bonchev–Trinajstić information content (AvgIpc) is 2.79. The van der Waals surface area contributed by atoms with E-state index in [9.17, 15) is 0 Å². The van der Waals surface area contributed by atoms with E-state index in [1.165, 1.54) is 23.2 Å². The van der Waals surface area contributed by atoms with Gasteiger partial charge in [-0.25, -0.2) is 0 Å². The lowest BCUT2D eigenvalue weighted by Gasteiger charge is -2.14. The van der Waals surface area contributed by atoms with Crippen molar-refractivity contribution in [1.29, 1.82) is 0 Å². The van der Waals surface area contributed by atoms with Crippen molar-refractivity contribution in [3.63, 3.8) is 0 Å². The maximum absolute atomic E-state index is 3.52. The predicted molar refractivity (Wildman–Crippen MR) is 76.9 cm³/mol. The molecule has 90 valence electrons. The van der Waals surface area contributed by atoms with E-state index >= 15 is 0 Å². The van der Waals surface area contributed by atoms with Gasteiger partial charge >= 0.3 is 0 Å². The minimum absolute atomic E-state index is 0.519. The van der Waals surface area contributed by atoms with Gasteiger partial charge < -0.3 is 5.32 Å². The van der Waals surface area contributed by atoms with E-state index in [1.54, 1.807) is 11.3 Å². The van der Waals surface area contributed by atoms with Crippen LogP contribution in [0.4, 0.5) is 5.69 Å². The van der Waals surface area contributed by atoms with Gasteiger partial charge in [-0.05, 0) is 43.7 Å². The highest BCUT2D eigenvalue weighted by Crippen LogP contribution is 2.15. The second kappa shape index (κ2) is 5.87. The summed E-state index contributed by atoms with van der Waals surface area (Å²) in [6, 6.07) is 11.4. The van der Waals surface area contributed by atoms with Gasteiger partial charge in [0.05, 0.1) is 0 Å². The molecular formula is C15H19NS. The SMILES string of the molecule is Cc1cccc(CCC(C)Nc2ccsc2)c1. The third kappa shape index (κ3) is 3.90. The van der Waals surface area contributed by atoms with Crippen LogP contribution >= 0.6 is 11.3 Å². The average molecular weight is 245 g/mol. The number of anilines is 1. The van der Waals surface area contributed by atoms with Crippen LogP contribution in [-0.4, -0.2) is 6.04 Å². The Bertz CT molecular complexity index is 448. The lowest BCUT2D eigenvalue weighted by Crippen LogP contribution is -2.15. The van der Waals surface area contributed by atoms with Gasteiger partial charge in [-0.15, -0.1) is 0 Å². The zero-order chi connectivity index (χ0) is 12.1. The molecule has 0 aliphatic heterocycles. The molecule has 1 heterocycles. The molecule has 0 fully saturated rings. The molecule has 0 aliphatic rings. The van der Waals surface area contributed by atoms with E-state index in [0.717, 1.165) is 6.42 Å². The van der Waals surface area contributed by atoms with Crippen LogP contribution in [0, 0.1) is 6.92 Å². The Hall–Kier alpha value is -1.28. The molecule has 2 heteroatoms. The highest BCUT2D eigenvalue weighted by atomic mass is 32.1. The normalized spacial score (nSPS) is 12.4. The topological polar surface area (TPSA) is 12.0 Å². The van der Waals surface area contributed by atoms with E-state index < -0.39 is 0 Å². The first-order chi connectivity index (χ1) is 8.24. The molecule has 1 aromatic carbocycles. The third-order valence-electron chi connectivity index (χ3n) is 2.88. The first kappa shape index (κ1) is 12.2. The van der Waals surface area contributed by atoms with Crippen molar-refractivity contribution in [1.82, 2.24) is 0 Å². The van der Waals surface area contributed by atoms with Gasteiger partial charge in [0.15, 0.2) is 0 Å². The molecule has 1 aromatic heterocycles. The van der Waals surface area contributed by atoms with Crippen LogP contribution in [-0.2, 0) is 6.42 Å². The van der Waals surface area contributed by atoms with Gasteiger partial charge in [0.25, 0.3) is 0 Å². The summed E-state index contributed by atoms with van der Waals surface area (Å²) in [5.74, 6) is 0. The standard InChI is InChI=1S/C15H19NS/c1-12-4-3-5-14(10-12)7-6-13(2)16-15-8-9-17-11-15/h3-5,8-11,13,16H,6-7H2,1-2H3. The number of aryl methyl sites for hydroxylation is 2. The van der Waals surface area contributed by atoms with Gasteiger partial charge in [-0.2, -0.15) is 11.3 Å². The van der Waals surface area contributed by atoms with E-state index in [-0.39, 0.29) is 0 Å². The number of benzene rings is 1. The minimum Gasteiger partial charge on any atom is -0.382 e. The fourth-order valence-electron chi connectivity index (χ4n) is 1.95. The van der Waals surface area contributed by atoms with Crippen LogP contribution < -0.4 is 5.32 Å². The highest BCUT2D eigenvalue weighted by Gasteiger charge is 2.03. The molecule has 0 saturated carbocycles. The Labute approximate surface area is 108 Å². The molecule has 2 rings (SSSR count). The van der Waals surface area contributed by atoms with Crippen molar-refractivity contribution in [2.24, 2.45) is 0 Å². The van der Waals surface area contributed by atoms with E-state index in [0.29, 0.717) is 6.04 Å². The van der Waals surface area contributed by atoms with Gasteiger partial charge in [0.2, 0.25) is 0 Å². The van der Waals surface area contributed by atoms with Gasteiger partial charge in [0, 0.05) is 17.1 Å². The van der Waals surface area contributed by atoms with Crippen molar-refractivity contribution in [2.45, 2.75) is 32.7 Å². The molecule has 0 radical (unpaired) electrons. The molecule has 2 aromatic rings. The molecule has 0 bridgehead atoms. The van der Waals surface area contributed by atoms with Crippen LogP contribution in [0.15, 0.2) is 41.1 Å². The summed E-state index contributed by atoms with van der Waals surface area (Å²) in [6.07, 6.45) is 2.30. The summed E-state index contributed by atoms with van der Waals surface area (Å²) < 4.78 is 0. The largest absolute Gasteiger partial charge is 0.382 e. The van der Waals surface area contributed by atoms with Crippen LogP contribution in [0.2, 0.25) is 0 Å². The summed E-state index contributed by atoms with van der Waals surface area (Å²) in [5.41, 5.74) is 4.02. The lowest BCUT2D eigenvalue weighted by molar-refractivity contribution is 0.706. The fourth-order valence-corrected chi connectivity index (χ4v) is 2.55. The molecule has 1 N–H and O–H groups in total. The molecule has 1 atom stereocenters. The second-order valence-electron chi connectivity index (χ2n) is 4.59.